The van der Waals surface area contributed by atoms with Crippen molar-refractivity contribution in [3.05, 3.63) is 94.9 Å². The van der Waals surface area contributed by atoms with E-state index in [4.69, 9.17) is 10.8 Å². The molecule has 30 heavy (non-hydrogen) atoms. The first kappa shape index (κ1) is 19.6. The Morgan fingerprint density at radius 2 is 1.80 bits per heavy atom. The summed E-state index contributed by atoms with van der Waals surface area (Å²) in [6.07, 6.45) is 1.83. The van der Waals surface area contributed by atoms with Gasteiger partial charge in [0.05, 0.1) is 12.3 Å². The molecule has 2 heterocycles. The summed E-state index contributed by atoms with van der Waals surface area (Å²) in [4.78, 5) is 20.0. The minimum atomic E-state index is -0.783. The van der Waals surface area contributed by atoms with Crippen LogP contribution in [0.25, 0.3) is 22.0 Å². The molecular formula is C23H17F2N3O2. The average Bonchev–Trinajstić information content (AvgIpc) is 2.76. The Morgan fingerprint density at radius 3 is 2.43 bits per heavy atom. The highest BCUT2D eigenvalue weighted by Crippen LogP contribution is 2.32. The molecule has 0 atom stereocenters. The van der Waals surface area contributed by atoms with Crippen molar-refractivity contribution in [2.24, 2.45) is 5.73 Å². The molecule has 0 radical (unpaired) electrons. The van der Waals surface area contributed by atoms with Gasteiger partial charge in [0.15, 0.2) is 5.82 Å². The number of halogens is 2. The lowest BCUT2D eigenvalue weighted by Gasteiger charge is -2.12. The van der Waals surface area contributed by atoms with E-state index >= 15 is 4.39 Å². The van der Waals surface area contributed by atoms with Crippen LogP contribution in [0, 0.1) is 11.6 Å². The quantitative estimate of drug-likeness (QED) is 0.529. The largest absolute Gasteiger partial charge is 0.390 e. The molecule has 7 heteroatoms. The molecule has 0 aliphatic heterocycles. The zero-order valence-electron chi connectivity index (χ0n) is 15.8. The molecule has 3 N–H and O–H groups in total. The van der Waals surface area contributed by atoms with E-state index in [2.05, 4.69) is 9.97 Å². The van der Waals surface area contributed by atoms with Crippen molar-refractivity contribution >= 4 is 16.8 Å². The van der Waals surface area contributed by atoms with Crippen molar-refractivity contribution in [3.63, 3.8) is 0 Å². The maximum absolute atomic E-state index is 15.4. The monoisotopic (exact) mass is 405 g/mol. The van der Waals surface area contributed by atoms with Crippen LogP contribution in [0.1, 0.15) is 27.3 Å². The zero-order valence-corrected chi connectivity index (χ0v) is 15.8. The number of pyridine rings is 2. The fourth-order valence-corrected chi connectivity index (χ4v) is 3.30. The van der Waals surface area contributed by atoms with Crippen LogP contribution in [-0.2, 0) is 13.0 Å². The second kappa shape index (κ2) is 7.96. The lowest BCUT2D eigenvalue weighted by Crippen LogP contribution is -2.14. The summed E-state index contributed by atoms with van der Waals surface area (Å²) in [5.41, 5.74) is 8.15. The number of aliphatic hydroxyl groups is 1. The van der Waals surface area contributed by atoms with Crippen molar-refractivity contribution < 1.29 is 18.7 Å². The minimum Gasteiger partial charge on any atom is -0.390 e. The number of benzene rings is 2. The summed E-state index contributed by atoms with van der Waals surface area (Å²) in [6.45, 7) is -0.170. The molecule has 150 valence electrons. The van der Waals surface area contributed by atoms with E-state index in [1.807, 2.05) is 0 Å². The predicted molar refractivity (Wildman–Crippen MR) is 109 cm³/mol. The lowest BCUT2D eigenvalue weighted by molar-refractivity contribution is 0.0996. The van der Waals surface area contributed by atoms with Crippen molar-refractivity contribution in [3.8, 4) is 11.1 Å². The third-order valence-electron chi connectivity index (χ3n) is 4.85. The molecule has 2 aromatic carbocycles. The van der Waals surface area contributed by atoms with Gasteiger partial charge in [-0.15, -0.1) is 0 Å². The first-order valence-corrected chi connectivity index (χ1v) is 9.19. The van der Waals surface area contributed by atoms with Gasteiger partial charge in [-0.25, -0.2) is 13.8 Å². The van der Waals surface area contributed by atoms with E-state index in [0.29, 0.717) is 27.8 Å². The second-order valence-corrected chi connectivity index (χ2v) is 6.85. The summed E-state index contributed by atoms with van der Waals surface area (Å²) in [5.74, 6) is -1.75. The first-order chi connectivity index (χ1) is 14.5. The number of amides is 1. The van der Waals surface area contributed by atoms with Crippen molar-refractivity contribution in [1.29, 1.82) is 0 Å². The van der Waals surface area contributed by atoms with Crippen LogP contribution in [0.5, 0.6) is 0 Å². The number of primary amides is 1. The number of carbonyl (C=O) groups is 1. The van der Waals surface area contributed by atoms with Crippen LogP contribution in [0.4, 0.5) is 8.78 Å². The highest BCUT2D eigenvalue weighted by Gasteiger charge is 2.17. The van der Waals surface area contributed by atoms with Gasteiger partial charge in [0.1, 0.15) is 17.0 Å². The van der Waals surface area contributed by atoms with Gasteiger partial charge in [-0.1, -0.05) is 30.3 Å². The van der Waals surface area contributed by atoms with E-state index in [0.717, 1.165) is 5.56 Å². The Bertz CT molecular complexity index is 1240. The van der Waals surface area contributed by atoms with Crippen LogP contribution in [0.2, 0.25) is 0 Å². The van der Waals surface area contributed by atoms with Crippen molar-refractivity contribution in [2.45, 2.75) is 13.0 Å². The van der Waals surface area contributed by atoms with Gasteiger partial charge in [-0.05, 0) is 46.5 Å². The van der Waals surface area contributed by atoms with Crippen LogP contribution < -0.4 is 5.73 Å². The Kier molecular flexibility index (Phi) is 5.20. The van der Waals surface area contributed by atoms with Gasteiger partial charge >= 0.3 is 0 Å². The molecule has 0 spiro atoms. The third-order valence-corrected chi connectivity index (χ3v) is 4.85. The number of nitrogens with zero attached hydrogens (tertiary/aromatic N) is 2. The number of hydrogen-bond acceptors (Lipinski definition) is 4. The molecule has 1 amide bonds. The van der Waals surface area contributed by atoms with Gasteiger partial charge < -0.3 is 10.8 Å². The second-order valence-electron chi connectivity index (χ2n) is 6.85. The van der Waals surface area contributed by atoms with Crippen LogP contribution in [0.3, 0.4) is 0 Å². The van der Waals surface area contributed by atoms with Gasteiger partial charge in [0, 0.05) is 18.0 Å². The van der Waals surface area contributed by atoms with Gasteiger partial charge in [-0.3, -0.25) is 9.78 Å². The molecule has 4 aromatic rings. The molecule has 5 nitrogen and oxygen atoms in total. The third kappa shape index (κ3) is 3.75. The predicted octanol–water partition coefficient (Wildman–Crippen LogP) is 3.76. The maximum Gasteiger partial charge on any atom is 0.267 e. The normalized spacial score (nSPS) is 11.0. The molecule has 0 bridgehead atoms. The summed E-state index contributed by atoms with van der Waals surface area (Å²) < 4.78 is 28.7. The first-order valence-electron chi connectivity index (χ1n) is 9.19. The van der Waals surface area contributed by atoms with Crippen molar-refractivity contribution in [1.82, 2.24) is 9.97 Å². The van der Waals surface area contributed by atoms with Gasteiger partial charge in [0.2, 0.25) is 0 Å². The highest BCUT2D eigenvalue weighted by molar-refractivity contribution is 6.01. The Labute approximate surface area is 170 Å². The smallest absolute Gasteiger partial charge is 0.267 e. The average molecular weight is 405 g/mol. The summed E-state index contributed by atoms with van der Waals surface area (Å²) >= 11 is 0. The molecule has 0 unspecified atom stereocenters. The standard InChI is InChI=1S/C23H17F2N3O2/c24-16-5-2-14(3-6-16)19-10-20(23(26)30)28-22-18(19)8-4-15(21(22)25)9-13-1-7-17(12-29)27-11-13/h1-8,10-11,29H,9,12H2,(H2,26,30). The number of hydrogen-bond donors (Lipinski definition) is 2. The number of aliphatic hydroxyl groups excluding tert-OH is 1. The Hall–Kier alpha value is -3.71. The van der Waals surface area contributed by atoms with E-state index in [1.165, 1.54) is 18.2 Å². The topological polar surface area (TPSA) is 89.1 Å². The van der Waals surface area contributed by atoms with Gasteiger partial charge in [0.25, 0.3) is 5.91 Å². The van der Waals surface area contributed by atoms with Crippen LogP contribution >= 0.6 is 0 Å². The molecule has 4 rings (SSSR count). The maximum atomic E-state index is 15.4. The Balaban J connectivity index is 1.85. The van der Waals surface area contributed by atoms with E-state index in [1.54, 1.807) is 42.6 Å². The fraction of sp³-hybridized carbons (Fsp3) is 0.0870. The molecule has 2 aromatic heterocycles. The number of nitrogens with two attached hydrogens (primary N) is 1. The molecule has 0 saturated heterocycles. The Morgan fingerprint density at radius 1 is 1.03 bits per heavy atom. The number of carbonyl (C=O) groups excluding carboxylic acids is 1. The summed E-state index contributed by atoms with van der Waals surface area (Å²) in [6, 6.07) is 14.0. The van der Waals surface area contributed by atoms with Crippen molar-refractivity contribution in [2.75, 3.05) is 0 Å². The van der Waals surface area contributed by atoms with Gasteiger partial charge in [-0.2, -0.15) is 0 Å². The molecule has 0 aliphatic carbocycles. The van der Waals surface area contributed by atoms with Crippen LogP contribution in [-0.4, -0.2) is 21.0 Å². The number of fused-ring (bicyclic) bond motifs is 1. The minimum absolute atomic E-state index is 0.0167. The summed E-state index contributed by atoms with van der Waals surface area (Å²) in [5, 5.41) is 9.58. The molecule has 0 aliphatic rings. The lowest BCUT2D eigenvalue weighted by atomic mass is 9.97. The van der Waals surface area contributed by atoms with E-state index in [-0.39, 0.29) is 24.2 Å². The highest BCUT2D eigenvalue weighted by atomic mass is 19.1. The van der Waals surface area contributed by atoms with E-state index < -0.39 is 17.5 Å². The molecule has 0 saturated carbocycles. The number of aromatic nitrogens is 2. The van der Waals surface area contributed by atoms with Crippen LogP contribution in [0.15, 0.2) is 60.8 Å². The SMILES string of the molecule is NC(=O)c1cc(-c2ccc(F)cc2)c2ccc(Cc3ccc(CO)nc3)c(F)c2n1. The fourth-order valence-electron chi connectivity index (χ4n) is 3.30. The number of rotatable bonds is 5. The molecular weight excluding hydrogens is 388 g/mol. The molecule has 0 fully saturated rings. The zero-order chi connectivity index (χ0) is 21.3. The summed E-state index contributed by atoms with van der Waals surface area (Å²) in [7, 11) is 0. The van der Waals surface area contributed by atoms with E-state index in [9.17, 15) is 9.18 Å².